The van der Waals surface area contributed by atoms with Crippen LogP contribution in [0, 0.1) is 0 Å². The van der Waals surface area contributed by atoms with Crippen molar-refractivity contribution in [2.24, 2.45) is 0 Å². The molecule has 0 aliphatic carbocycles. The van der Waals surface area contributed by atoms with Crippen molar-refractivity contribution in [3.8, 4) is 11.1 Å². The Labute approximate surface area is 141 Å². The predicted octanol–water partition coefficient (Wildman–Crippen LogP) is 3.02. The van der Waals surface area contributed by atoms with Crippen LogP contribution >= 0.6 is 0 Å². The molecule has 0 radical (unpaired) electrons. The van der Waals surface area contributed by atoms with Crippen LogP contribution in [-0.4, -0.2) is 27.1 Å². The Hall–Kier alpha value is -2.60. The fraction of sp³-hybridized carbons (Fsp3) is 0.167. The molecule has 2 aromatic carbocycles. The van der Waals surface area contributed by atoms with Gasteiger partial charge in [-0.15, -0.1) is 0 Å². The monoisotopic (exact) mass is 342 g/mol. The number of rotatable bonds is 4. The van der Waals surface area contributed by atoms with Crippen molar-refractivity contribution >= 4 is 27.3 Å². The van der Waals surface area contributed by atoms with E-state index < -0.39 is 10.0 Å². The minimum atomic E-state index is -3.35. The van der Waals surface area contributed by atoms with Crippen LogP contribution in [0.25, 0.3) is 11.1 Å². The summed E-state index contributed by atoms with van der Waals surface area (Å²) in [6.45, 7) is 0.668. The molecule has 1 N–H and O–H groups in total. The molecule has 1 aliphatic rings. The Bertz CT molecular complexity index is 887. The molecule has 2 aromatic rings. The Morgan fingerprint density at radius 1 is 1.04 bits per heavy atom. The van der Waals surface area contributed by atoms with E-state index in [9.17, 15) is 13.2 Å². The van der Waals surface area contributed by atoms with Crippen LogP contribution in [0.3, 0.4) is 0 Å². The van der Waals surface area contributed by atoms with E-state index in [4.69, 9.17) is 0 Å². The van der Waals surface area contributed by atoms with Crippen LogP contribution in [0.4, 0.5) is 11.4 Å². The molecule has 0 bridgehead atoms. The average Bonchev–Trinajstić information content (AvgIpc) is 2.55. The number of benzene rings is 2. The van der Waals surface area contributed by atoms with Gasteiger partial charge in [0.05, 0.1) is 11.9 Å². The van der Waals surface area contributed by atoms with Gasteiger partial charge >= 0.3 is 0 Å². The summed E-state index contributed by atoms with van der Waals surface area (Å²) in [5, 5.41) is 0. The minimum absolute atomic E-state index is 0.0202. The van der Waals surface area contributed by atoms with Gasteiger partial charge in [0.15, 0.2) is 0 Å². The van der Waals surface area contributed by atoms with Crippen molar-refractivity contribution in [1.82, 2.24) is 0 Å². The summed E-state index contributed by atoms with van der Waals surface area (Å²) in [5.41, 5.74) is 3.04. The van der Waals surface area contributed by atoms with E-state index in [1.807, 2.05) is 42.5 Å². The summed E-state index contributed by atoms with van der Waals surface area (Å²) in [4.78, 5) is 13.6. The summed E-state index contributed by atoms with van der Waals surface area (Å²) in [7, 11) is -3.35. The third-order valence-corrected chi connectivity index (χ3v) is 4.35. The number of hydrogen-bond donors (Lipinski definition) is 1. The van der Waals surface area contributed by atoms with Crippen LogP contribution < -0.4 is 9.62 Å². The molecule has 0 saturated heterocycles. The molecular weight excluding hydrogens is 324 g/mol. The summed E-state index contributed by atoms with van der Waals surface area (Å²) in [6.07, 6.45) is 5.43. The predicted molar refractivity (Wildman–Crippen MR) is 96.5 cm³/mol. The van der Waals surface area contributed by atoms with Crippen molar-refractivity contribution in [1.29, 1.82) is 0 Å². The molecule has 0 aromatic heterocycles. The molecule has 1 aliphatic heterocycles. The van der Waals surface area contributed by atoms with Gasteiger partial charge in [-0.2, -0.15) is 0 Å². The molecule has 3 rings (SSSR count). The van der Waals surface area contributed by atoms with Gasteiger partial charge < -0.3 is 4.90 Å². The first-order chi connectivity index (χ1) is 11.4. The lowest BCUT2D eigenvalue weighted by molar-refractivity contribution is -0.114. The SMILES string of the molecule is CS(=O)(=O)Nc1ccccc1-c1ccc(N2CCC=CC2=O)cc1. The number of sulfonamides is 1. The number of para-hydroxylation sites is 1. The Kier molecular flexibility index (Phi) is 4.40. The largest absolute Gasteiger partial charge is 0.309 e. The fourth-order valence-electron chi connectivity index (χ4n) is 2.69. The molecular formula is C18H18N2O3S. The quantitative estimate of drug-likeness (QED) is 0.929. The van der Waals surface area contributed by atoms with Gasteiger partial charge in [0, 0.05) is 17.8 Å². The molecule has 5 nitrogen and oxygen atoms in total. The van der Waals surface area contributed by atoms with Gasteiger partial charge in [0.2, 0.25) is 10.0 Å². The number of nitrogens with one attached hydrogen (secondary N) is 1. The van der Waals surface area contributed by atoms with Crippen molar-refractivity contribution in [3.05, 3.63) is 60.7 Å². The van der Waals surface area contributed by atoms with Crippen LogP contribution in [0.2, 0.25) is 0 Å². The Morgan fingerprint density at radius 2 is 1.75 bits per heavy atom. The molecule has 0 unspecified atom stereocenters. The van der Waals surface area contributed by atoms with Gasteiger partial charge in [-0.3, -0.25) is 9.52 Å². The van der Waals surface area contributed by atoms with E-state index in [1.165, 1.54) is 0 Å². The molecule has 0 spiro atoms. The number of carbonyl (C=O) groups excluding carboxylic acids is 1. The lowest BCUT2D eigenvalue weighted by Gasteiger charge is -2.23. The maximum Gasteiger partial charge on any atom is 0.250 e. The van der Waals surface area contributed by atoms with Gasteiger partial charge in [0.1, 0.15) is 0 Å². The molecule has 0 saturated carbocycles. The average molecular weight is 342 g/mol. The third-order valence-electron chi connectivity index (χ3n) is 3.76. The molecule has 124 valence electrons. The van der Waals surface area contributed by atoms with Crippen LogP contribution in [-0.2, 0) is 14.8 Å². The zero-order valence-corrected chi connectivity index (χ0v) is 14.1. The molecule has 6 heteroatoms. The first-order valence-corrected chi connectivity index (χ1v) is 9.48. The first kappa shape index (κ1) is 16.3. The van der Waals surface area contributed by atoms with Gasteiger partial charge in [0.25, 0.3) is 5.91 Å². The zero-order chi connectivity index (χ0) is 17.2. The number of hydrogen-bond acceptors (Lipinski definition) is 3. The lowest BCUT2D eigenvalue weighted by Crippen LogP contribution is -2.32. The van der Waals surface area contributed by atoms with E-state index in [2.05, 4.69) is 4.72 Å². The first-order valence-electron chi connectivity index (χ1n) is 7.59. The number of amides is 1. The second-order valence-corrected chi connectivity index (χ2v) is 7.40. The highest BCUT2D eigenvalue weighted by molar-refractivity contribution is 7.92. The third kappa shape index (κ3) is 3.65. The Morgan fingerprint density at radius 3 is 2.42 bits per heavy atom. The highest BCUT2D eigenvalue weighted by Gasteiger charge is 2.16. The standard InChI is InChI=1S/C18H18N2O3S/c1-24(22,23)19-17-7-3-2-6-16(17)14-9-11-15(12-10-14)20-13-5-4-8-18(20)21/h2-4,6-12,19H,5,13H2,1H3. The second-order valence-electron chi connectivity index (χ2n) is 5.65. The normalized spacial score (nSPS) is 14.7. The number of nitrogens with zero attached hydrogens (tertiary/aromatic N) is 1. The zero-order valence-electron chi connectivity index (χ0n) is 13.3. The van der Waals surface area contributed by atoms with Gasteiger partial charge in [-0.05, 0) is 36.3 Å². The molecule has 1 heterocycles. The summed E-state index contributed by atoms with van der Waals surface area (Å²) in [6, 6.07) is 14.8. The number of carbonyl (C=O) groups is 1. The smallest absolute Gasteiger partial charge is 0.250 e. The van der Waals surface area contributed by atoms with Crippen molar-refractivity contribution in [2.75, 3.05) is 22.4 Å². The maximum atomic E-state index is 11.9. The topological polar surface area (TPSA) is 66.5 Å². The summed E-state index contributed by atoms with van der Waals surface area (Å²) >= 11 is 0. The molecule has 0 fully saturated rings. The van der Waals surface area contributed by atoms with E-state index in [-0.39, 0.29) is 5.91 Å². The fourth-order valence-corrected chi connectivity index (χ4v) is 3.27. The van der Waals surface area contributed by atoms with Crippen LogP contribution in [0.5, 0.6) is 0 Å². The number of anilines is 2. The van der Waals surface area contributed by atoms with Gasteiger partial charge in [-0.1, -0.05) is 36.4 Å². The minimum Gasteiger partial charge on any atom is -0.309 e. The molecule has 24 heavy (non-hydrogen) atoms. The molecule has 1 amide bonds. The highest BCUT2D eigenvalue weighted by Crippen LogP contribution is 2.30. The van der Waals surface area contributed by atoms with E-state index in [1.54, 1.807) is 23.1 Å². The van der Waals surface area contributed by atoms with Crippen molar-refractivity contribution in [3.63, 3.8) is 0 Å². The van der Waals surface area contributed by atoms with Crippen LogP contribution in [0.1, 0.15) is 6.42 Å². The lowest BCUT2D eigenvalue weighted by atomic mass is 10.0. The second kappa shape index (κ2) is 6.49. The van der Waals surface area contributed by atoms with Crippen molar-refractivity contribution < 1.29 is 13.2 Å². The van der Waals surface area contributed by atoms with E-state index in [0.717, 1.165) is 29.5 Å². The highest BCUT2D eigenvalue weighted by atomic mass is 32.2. The Balaban J connectivity index is 1.92. The maximum absolute atomic E-state index is 11.9. The molecule has 0 atom stereocenters. The summed E-state index contributed by atoms with van der Waals surface area (Å²) < 4.78 is 25.6. The van der Waals surface area contributed by atoms with E-state index in [0.29, 0.717) is 12.2 Å². The van der Waals surface area contributed by atoms with Crippen molar-refractivity contribution in [2.45, 2.75) is 6.42 Å². The summed E-state index contributed by atoms with van der Waals surface area (Å²) in [5.74, 6) is -0.0202. The van der Waals surface area contributed by atoms with Crippen LogP contribution in [0.15, 0.2) is 60.7 Å². The van der Waals surface area contributed by atoms with Gasteiger partial charge in [-0.25, -0.2) is 8.42 Å². The van der Waals surface area contributed by atoms with E-state index >= 15 is 0 Å².